The van der Waals surface area contributed by atoms with Crippen LogP contribution in [-0.4, -0.2) is 64.1 Å². The van der Waals surface area contributed by atoms with Crippen LogP contribution in [0.2, 0.25) is 0 Å². The standard InChI is InChI=1S/C21H28N8O3/c1-28-19(22-10-23-28)12-5-4-6-13(17(12)32-3)24-14-9-15(26-20(30)11-7-8-11)25-18-16(14)21(31)29(2)27-18/h4-6,10-11,14-16,18,24-25,27H,7-9H2,1-3H3,(H,26,30). The van der Waals surface area contributed by atoms with E-state index < -0.39 is 0 Å². The minimum Gasteiger partial charge on any atom is -0.494 e. The molecule has 1 aromatic heterocycles. The van der Waals surface area contributed by atoms with Gasteiger partial charge in [0.05, 0.1) is 36.6 Å². The number of amides is 2. The third-order valence-electron chi connectivity index (χ3n) is 6.39. The molecule has 11 heteroatoms. The van der Waals surface area contributed by atoms with Crippen molar-refractivity contribution in [3.63, 3.8) is 0 Å². The monoisotopic (exact) mass is 440 g/mol. The van der Waals surface area contributed by atoms with E-state index in [1.807, 2.05) is 25.2 Å². The Morgan fingerprint density at radius 2 is 2.09 bits per heavy atom. The molecule has 5 rings (SSSR count). The summed E-state index contributed by atoms with van der Waals surface area (Å²) in [5, 5.41) is 15.7. The minimum absolute atomic E-state index is 0.00427. The lowest BCUT2D eigenvalue weighted by molar-refractivity contribution is -0.131. The van der Waals surface area contributed by atoms with Crippen LogP contribution in [0.1, 0.15) is 19.3 Å². The number of nitrogens with zero attached hydrogens (tertiary/aromatic N) is 4. The van der Waals surface area contributed by atoms with Gasteiger partial charge in [-0.15, -0.1) is 0 Å². The van der Waals surface area contributed by atoms with Crippen LogP contribution in [-0.2, 0) is 16.6 Å². The maximum atomic E-state index is 12.9. The van der Waals surface area contributed by atoms with Crippen molar-refractivity contribution in [2.45, 2.75) is 37.6 Å². The number of nitrogens with one attached hydrogen (secondary N) is 4. The van der Waals surface area contributed by atoms with Gasteiger partial charge in [-0.05, 0) is 25.0 Å². The zero-order chi connectivity index (χ0) is 22.4. The Labute approximate surface area is 185 Å². The average Bonchev–Trinajstić information content (AvgIpc) is 3.48. The quantitative estimate of drug-likeness (QED) is 0.496. The fourth-order valence-corrected chi connectivity index (χ4v) is 4.62. The maximum absolute atomic E-state index is 12.9. The first kappa shape index (κ1) is 20.7. The van der Waals surface area contributed by atoms with Crippen molar-refractivity contribution >= 4 is 17.5 Å². The highest BCUT2D eigenvalue weighted by Crippen LogP contribution is 2.38. The van der Waals surface area contributed by atoms with Gasteiger partial charge in [-0.1, -0.05) is 6.07 Å². The number of anilines is 1. The highest BCUT2D eigenvalue weighted by Gasteiger charge is 2.49. The van der Waals surface area contributed by atoms with Crippen LogP contribution in [0.5, 0.6) is 5.75 Å². The number of piperidine rings is 1. The Hall–Kier alpha value is -3.18. The van der Waals surface area contributed by atoms with Gasteiger partial charge in [0.1, 0.15) is 6.33 Å². The number of aryl methyl sites for hydroxylation is 1. The van der Waals surface area contributed by atoms with Gasteiger partial charge >= 0.3 is 0 Å². The summed E-state index contributed by atoms with van der Waals surface area (Å²) in [5.74, 6) is 1.16. The summed E-state index contributed by atoms with van der Waals surface area (Å²) >= 11 is 0. The second-order valence-electron chi connectivity index (χ2n) is 8.61. The van der Waals surface area contributed by atoms with E-state index in [0.29, 0.717) is 18.0 Å². The molecule has 3 heterocycles. The number of benzene rings is 1. The van der Waals surface area contributed by atoms with Crippen LogP contribution in [0, 0.1) is 11.8 Å². The van der Waals surface area contributed by atoms with Crippen LogP contribution in [0.15, 0.2) is 24.5 Å². The van der Waals surface area contributed by atoms with E-state index in [4.69, 9.17) is 4.74 Å². The summed E-state index contributed by atoms with van der Waals surface area (Å²) < 4.78 is 7.43. The molecule has 2 aliphatic heterocycles. The zero-order valence-corrected chi connectivity index (χ0v) is 18.3. The van der Waals surface area contributed by atoms with Gasteiger partial charge in [0, 0.05) is 32.5 Å². The molecule has 1 saturated carbocycles. The molecule has 3 fully saturated rings. The van der Waals surface area contributed by atoms with E-state index in [-0.39, 0.29) is 42.0 Å². The third-order valence-corrected chi connectivity index (χ3v) is 6.39. The van der Waals surface area contributed by atoms with Gasteiger partial charge in [0.25, 0.3) is 0 Å². The molecule has 11 nitrogen and oxygen atoms in total. The smallest absolute Gasteiger partial charge is 0.244 e. The van der Waals surface area contributed by atoms with E-state index in [0.717, 1.165) is 24.1 Å². The van der Waals surface area contributed by atoms with Gasteiger partial charge < -0.3 is 15.4 Å². The molecule has 1 aromatic carbocycles. The number of carbonyl (C=O) groups is 2. The minimum atomic E-state index is -0.336. The molecule has 3 aliphatic rings. The van der Waals surface area contributed by atoms with Crippen molar-refractivity contribution in [2.75, 3.05) is 19.5 Å². The summed E-state index contributed by atoms with van der Waals surface area (Å²) in [4.78, 5) is 29.6. The Bertz CT molecular complexity index is 1040. The first-order valence-corrected chi connectivity index (χ1v) is 10.8. The lowest BCUT2D eigenvalue weighted by Gasteiger charge is -2.38. The lowest BCUT2D eigenvalue weighted by atomic mass is 9.88. The summed E-state index contributed by atoms with van der Waals surface area (Å²) in [5.41, 5.74) is 4.73. The number of fused-ring (bicyclic) bond motifs is 1. The molecule has 4 atom stereocenters. The molecule has 1 aliphatic carbocycles. The molecule has 0 bridgehead atoms. The summed E-state index contributed by atoms with van der Waals surface area (Å²) in [6, 6.07) is 5.54. The van der Waals surface area contributed by atoms with Crippen molar-refractivity contribution in [3.8, 4) is 17.1 Å². The Kier molecular flexibility index (Phi) is 5.22. The Balaban J connectivity index is 1.43. The molecule has 4 N–H and O–H groups in total. The predicted octanol–water partition coefficient (Wildman–Crippen LogP) is 0.0357. The van der Waals surface area contributed by atoms with Crippen molar-refractivity contribution in [1.82, 2.24) is 35.8 Å². The number of hydrogen-bond acceptors (Lipinski definition) is 8. The SMILES string of the molecule is COc1c(NC2CC(NC(=O)C3CC3)NC3NN(C)C(=O)C23)cccc1-c1ncnn1C. The molecule has 0 spiro atoms. The molecule has 2 aromatic rings. The van der Waals surface area contributed by atoms with Gasteiger partial charge in [-0.3, -0.25) is 19.9 Å². The van der Waals surface area contributed by atoms with Crippen LogP contribution < -0.4 is 26.1 Å². The van der Waals surface area contributed by atoms with E-state index in [1.54, 1.807) is 18.8 Å². The number of hydrogen-bond donors (Lipinski definition) is 4. The molecular formula is C21H28N8O3. The fourth-order valence-electron chi connectivity index (χ4n) is 4.62. The van der Waals surface area contributed by atoms with E-state index >= 15 is 0 Å². The topological polar surface area (TPSA) is 125 Å². The highest BCUT2D eigenvalue weighted by molar-refractivity contribution is 5.84. The van der Waals surface area contributed by atoms with E-state index in [9.17, 15) is 9.59 Å². The number of aromatic nitrogens is 3. The molecule has 0 radical (unpaired) electrons. The summed E-state index contributed by atoms with van der Waals surface area (Å²) in [7, 11) is 5.15. The number of para-hydroxylation sites is 1. The predicted molar refractivity (Wildman–Crippen MR) is 116 cm³/mol. The Morgan fingerprint density at radius 3 is 2.78 bits per heavy atom. The normalized spacial score (nSPS) is 27.2. The summed E-state index contributed by atoms with van der Waals surface area (Å²) in [6.07, 6.45) is 3.41. The van der Waals surface area contributed by atoms with Crippen molar-refractivity contribution in [3.05, 3.63) is 24.5 Å². The molecule has 2 saturated heterocycles. The maximum Gasteiger partial charge on any atom is 0.244 e. The summed E-state index contributed by atoms with van der Waals surface area (Å²) in [6.45, 7) is 0. The molecule has 170 valence electrons. The highest BCUT2D eigenvalue weighted by atomic mass is 16.5. The number of methoxy groups -OCH3 is 1. The molecular weight excluding hydrogens is 412 g/mol. The van der Waals surface area contributed by atoms with E-state index in [2.05, 4.69) is 31.5 Å². The van der Waals surface area contributed by atoms with Gasteiger partial charge in [0.2, 0.25) is 11.8 Å². The number of hydrazine groups is 1. The third kappa shape index (κ3) is 3.67. The van der Waals surface area contributed by atoms with Gasteiger partial charge in [0.15, 0.2) is 11.6 Å². The van der Waals surface area contributed by atoms with Crippen LogP contribution in [0.4, 0.5) is 5.69 Å². The van der Waals surface area contributed by atoms with Crippen molar-refractivity contribution in [2.24, 2.45) is 18.9 Å². The van der Waals surface area contributed by atoms with Crippen LogP contribution in [0.25, 0.3) is 11.4 Å². The zero-order valence-electron chi connectivity index (χ0n) is 18.3. The number of ether oxygens (including phenoxy) is 1. The average molecular weight is 441 g/mol. The molecule has 4 unspecified atom stereocenters. The van der Waals surface area contributed by atoms with E-state index in [1.165, 1.54) is 11.3 Å². The van der Waals surface area contributed by atoms with Crippen molar-refractivity contribution < 1.29 is 14.3 Å². The fraction of sp³-hybridized carbons (Fsp3) is 0.524. The van der Waals surface area contributed by atoms with Gasteiger partial charge in [-0.25, -0.2) is 15.1 Å². The molecule has 32 heavy (non-hydrogen) atoms. The first-order chi connectivity index (χ1) is 15.5. The second kappa shape index (κ2) is 8.06. The van der Waals surface area contributed by atoms with Crippen molar-refractivity contribution in [1.29, 1.82) is 0 Å². The molecule has 2 amide bonds. The Morgan fingerprint density at radius 1 is 1.28 bits per heavy atom. The first-order valence-electron chi connectivity index (χ1n) is 10.8. The lowest BCUT2D eigenvalue weighted by Crippen LogP contribution is -2.63. The van der Waals surface area contributed by atoms with Gasteiger partial charge in [-0.2, -0.15) is 5.10 Å². The second-order valence-corrected chi connectivity index (χ2v) is 8.61. The largest absolute Gasteiger partial charge is 0.494 e. The number of carbonyl (C=O) groups excluding carboxylic acids is 2. The van der Waals surface area contributed by atoms with Crippen LogP contribution >= 0.6 is 0 Å². The van der Waals surface area contributed by atoms with Crippen LogP contribution in [0.3, 0.4) is 0 Å². The number of rotatable bonds is 6.